The van der Waals surface area contributed by atoms with E-state index >= 15 is 0 Å². The van der Waals surface area contributed by atoms with Gasteiger partial charge in [-0.3, -0.25) is 9.78 Å². The Bertz CT molecular complexity index is 1880. The molecule has 0 radical (unpaired) electrons. The van der Waals surface area contributed by atoms with E-state index in [0.717, 1.165) is 30.3 Å². The third-order valence-electron chi connectivity index (χ3n) is 6.30. The molecule has 45 heavy (non-hydrogen) atoms. The van der Waals surface area contributed by atoms with Crippen LogP contribution in [0.25, 0.3) is 22.0 Å². The van der Waals surface area contributed by atoms with Gasteiger partial charge in [-0.15, -0.1) is 0 Å². The molecule has 2 N–H and O–H groups in total. The van der Waals surface area contributed by atoms with Crippen molar-refractivity contribution in [1.82, 2.24) is 10.3 Å². The Hall–Kier alpha value is -3.41. The molecule has 232 valence electrons. The van der Waals surface area contributed by atoms with E-state index in [-0.39, 0.29) is 26.5 Å². The number of halogens is 9. The van der Waals surface area contributed by atoms with Crippen LogP contribution in [0.2, 0.25) is 20.1 Å². The third kappa shape index (κ3) is 8.06. The Labute approximate surface area is 281 Å². The number of pyridine rings is 1. The number of carbonyl (C=O) groups excluding carboxylic acids is 1. The molecule has 0 bridgehead atoms. The molecule has 0 spiro atoms. The molecule has 5 rings (SSSR count). The van der Waals surface area contributed by atoms with Crippen LogP contribution in [0.3, 0.4) is 0 Å². The Morgan fingerprint density at radius 1 is 0.822 bits per heavy atom. The number of amides is 1. The number of hydrogen-bond donors (Lipinski definition) is 2. The zero-order valence-electron chi connectivity index (χ0n) is 22.3. The quantitative estimate of drug-likeness (QED) is 0.103. The lowest BCUT2D eigenvalue weighted by Crippen LogP contribution is -2.43. The van der Waals surface area contributed by atoms with Crippen LogP contribution in [-0.2, 0) is 11.2 Å². The highest BCUT2D eigenvalue weighted by atomic mass is 79.9. The number of carbonyl (C=O) groups is 2. The van der Waals surface area contributed by atoms with E-state index in [2.05, 4.69) is 26.2 Å². The molecule has 0 fully saturated rings. The van der Waals surface area contributed by atoms with Crippen molar-refractivity contribution < 1.29 is 32.3 Å². The molecule has 1 atom stereocenters. The molecule has 0 aliphatic rings. The first-order chi connectivity index (χ1) is 21.3. The van der Waals surface area contributed by atoms with Crippen LogP contribution in [0.15, 0.2) is 77.4 Å². The second-order valence-corrected chi connectivity index (χ2v) is 11.7. The Morgan fingerprint density at radius 3 is 1.93 bits per heavy atom. The fraction of sp³-hybridized carbons (Fsp3) is 0.0645. The lowest BCUT2D eigenvalue weighted by Gasteiger charge is -2.18. The Morgan fingerprint density at radius 2 is 1.38 bits per heavy atom. The largest absolute Gasteiger partial charge is 0.480 e. The minimum Gasteiger partial charge on any atom is -0.480 e. The number of carboxylic acids is 1. The Balaban J connectivity index is 0.000000392. The van der Waals surface area contributed by atoms with Crippen LogP contribution in [0, 0.1) is 23.3 Å². The van der Waals surface area contributed by atoms with Crippen molar-refractivity contribution >= 4 is 85.1 Å². The zero-order chi connectivity index (χ0) is 33.0. The summed E-state index contributed by atoms with van der Waals surface area (Å²) in [6, 6.07) is 12.5. The summed E-state index contributed by atoms with van der Waals surface area (Å²) < 4.78 is 54.6. The monoisotopic (exact) mass is 760 g/mol. The predicted molar refractivity (Wildman–Crippen MR) is 170 cm³/mol. The molecule has 1 aromatic heterocycles. The normalized spacial score (nSPS) is 11.5. The highest BCUT2D eigenvalue weighted by Crippen LogP contribution is 2.39. The highest BCUT2D eigenvalue weighted by Gasteiger charge is 2.26. The highest BCUT2D eigenvalue weighted by molar-refractivity contribution is 9.10. The molecule has 4 aromatic carbocycles. The summed E-state index contributed by atoms with van der Waals surface area (Å²) in [5, 5.41) is 13.1. The number of nitrogens with zero attached hydrogens (tertiary/aromatic N) is 1. The third-order valence-corrected chi connectivity index (χ3v) is 8.81. The summed E-state index contributed by atoms with van der Waals surface area (Å²) in [6.07, 6.45) is 1.29. The molecule has 0 saturated carbocycles. The van der Waals surface area contributed by atoms with E-state index in [1.54, 1.807) is 24.3 Å². The number of rotatable bonds is 6. The van der Waals surface area contributed by atoms with Gasteiger partial charge in [0.1, 0.15) is 34.9 Å². The number of benzene rings is 4. The summed E-state index contributed by atoms with van der Waals surface area (Å²) in [4.78, 5) is 28.7. The molecular weight excluding hydrogens is 746 g/mol. The van der Waals surface area contributed by atoms with Gasteiger partial charge in [-0.05, 0) is 64.0 Å². The maximum Gasteiger partial charge on any atom is 0.326 e. The molecule has 0 aliphatic heterocycles. The van der Waals surface area contributed by atoms with E-state index in [0.29, 0.717) is 32.1 Å². The minimum absolute atomic E-state index is 0.0669. The molecule has 5 nitrogen and oxygen atoms in total. The van der Waals surface area contributed by atoms with Crippen LogP contribution in [0.1, 0.15) is 15.9 Å². The van der Waals surface area contributed by atoms with E-state index in [4.69, 9.17) is 46.4 Å². The number of fused-ring (bicyclic) bond motifs is 1. The number of aromatic nitrogens is 1. The number of aliphatic carboxylic acids is 1. The van der Waals surface area contributed by atoms with Crippen molar-refractivity contribution in [1.29, 1.82) is 0 Å². The SMILES string of the molecule is Fc1cc(Cl)c(Br)c(Cl)c1.O=C(N[C@@H](Cc1ccc(-c2c(Cl)cc(F)cc2Cl)c2ncccc12)C(=O)O)c1c(F)cccc1F. The molecular formula is C31H17BrCl4F4N2O3. The van der Waals surface area contributed by atoms with Crippen molar-refractivity contribution in [2.45, 2.75) is 12.5 Å². The van der Waals surface area contributed by atoms with Gasteiger partial charge in [-0.25, -0.2) is 22.4 Å². The van der Waals surface area contributed by atoms with E-state index in [9.17, 15) is 32.3 Å². The second kappa shape index (κ2) is 14.8. The first-order valence-electron chi connectivity index (χ1n) is 12.6. The summed E-state index contributed by atoms with van der Waals surface area (Å²) in [7, 11) is 0. The first-order valence-corrected chi connectivity index (χ1v) is 14.9. The van der Waals surface area contributed by atoms with Gasteiger partial charge >= 0.3 is 5.97 Å². The number of carboxylic acid groups (broad SMARTS) is 1. The maximum absolute atomic E-state index is 14.0. The molecule has 1 heterocycles. The molecule has 14 heteroatoms. The minimum atomic E-state index is -1.51. The van der Waals surface area contributed by atoms with Crippen LogP contribution in [0.5, 0.6) is 0 Å². The predicted octanol–water partition coefficient (Wildman–Crippen LogP) is 9.95. The van der Waals surface area contributed by atoms with Crippen molar-refractivity contribution in [3.8, 4) is 11.1 Å². The van der Waals surface area contributed by atoms with Crippen LogP contribution >= 0.6 is 62.3 Å². The summed E-state index contributed by atoms with van der Waals surface area (Å²) in [6.45, 7) is 0. The van der Waals surface area contributed by atoms with Crippen LogP contribution in [0.4, 0.5) is 17.6 Å². The van der Waals surface area contributed by atoms with Gasteiger partial charge < -0.3 is 10.4 Å². The fourth-order valence-electron chi connectivity index (χ4n) is 4.30. The zero-order valence-corrected chi connectivity index (χ0v) is 26.9. The fourth-order valence-corrected chi connectivity index (χ4v) is 5.65. The van der Waals surface area contributed by atoms with Gasteiger partial charge in [0.15, 0.2) is 0 Å². The van der Waals surface area contributed by atoms with Gasteiger partial charge in [0.25, 0.3) is 5.91 Å². The van der Waals surface area contributed by atoms with Gasteiger partial charge in [-0.1, -0.05) is 70.7 Å². The van der Waals surface area contributed by atoms with Crippen molar-refractivity contribution in [2.24, 2.45) is 0 Å². The van der Waals surface area contributed by atoms with E-state index < -0.39 is 46.8 Å². The summed E-state index contributed by atoms with van der Waals surface area (Å²) in [5.74, 6) is -5.86. The number of nitrogens with one attached hydrogen (secondary N) is 1. The van der Waals surface area contributed by atoms with Gasteiger partial charge in [0, 0.05) is 29.1 Å². The molecule has 0 unspecified atom stereocenters. The van der Waals surface area contributed by atoms with E-state index in [1.807, 2.05) is 0 Å². The molecule has 0 saturated heterocycles. The summed E-state index contributed by atoms with van der Waals surface area (Å²) >= 11 is 26.7. The van der Waals surface area contributed by atoms with Crippen molar-refractivity contribution in [3.05, 3.63) is 132 Å². The molecule has 5 aromatic rings. The van der Waals surface area contributed by atoms with Gasteiger partial charge in [0.2, 0.25) is 0 Å². The standard InChI is InChI=1S/C25H15Cl2F3N2O3.C6H2BrCl2F/c26-16-10-13(28)11-17(27)21(16)15-7-6-12(14-3-2-8-31-23(14)15)9-20(25(34)35)32-24(33)22-18(29)4-1-5-19(22)30;7-6-4(8)1-3(10)2-5(6)9/h1-8,10-11,20H,9H2,(H,32,33)(H,34,35);1-2H/t20-;/m0./s1. The van der Waals surface area contributed by atoms with Crippen molar-refractivity contribution in [2.75, 3.05) is 0 Å². The average Bonchev–Trinajstić information content (AvgIpc) is 2.96. The van der Waals surface area contributed by atoms with Gasteiger partial charge in [0.05, 0.1) is 30.1 Å². The van der Waals surface area contributed by atoms with Gasteiger partial charge in [-0.2, -0.15) is 0 Å². The van der Waals surface area contributed by atoms with Crippen molar-refractivity contribution in [3.63, 3.8) is 0 Å². The molecule has 0 aliphatic carbocycles. The average molecular weight is 763 g/mol. The smallest absolute Gasteiger partial charge is 0.326 e. The second-order valence-electron chi connectivity index (χ2n) is 9.26. The topological polar surface area (TPSA) is 79.3 Å². The number of hydrogen-bond acceptors (Lipinski definition) is 3. The maximum atomic E-state index is 14.0. The molecule has 1 amide bonds. The Kier molecular flexibility index (Phi) is 11.3. The van der Waals surface area contributed by atoms with Crippen LogP contribution in [-0.4, -0.2) is 28.0 Å². The first kappa shape index (κ1) is 34.5. The van der Waals surface area contributed by atoms with E-state index in [1.165, 1.54) is 18.3 Å². The lowest BCUT2D eigenvalue weighted by atomic mass is 9.95. The van der Waals surface area contributed by atoms with Crippen LogP contribution < -0.4 is 5.32 Å². The summed E-state index contributed by atoms with van der Waals surface area (Å²) in [5.41, 5.74) is 0.858. The lowest BCUT2D eigenvalue weighted by molar-refractivity contribution is -0.139.